The standard InChI is InChI=1S/C34H43F3N4O5/c1-23-33(15-19-39(20-16-33)21-24-7-11-27(12-8-24)34(35,36)37)46-31(44)41(23)22-25-5-9-26(10-6-25)29(42)38-28-13-17-40(18-14-28)30(43)45-32(2,3)4/h5-12,23,28H,13-22H2,1-4H3,(H,38,42). The first-order chi connectivity index (χ1) is 21.6. The maximum Gasteiger partial charge on any atom is 0.416 e. The van der Waals surface area contributed by atoms with E-state index in [4.69, 9.17) is 9.47 Å². The molecule has 2 aromatic rings. The zero-order valence-electron chi connectivity index (χ0n) is 26.9. The number of rotatable bonds is 6. The molecule has 3 saturated heterocycles. The minimum atomic E-state index is -4.36. The minimum Gasteiger partial charge on any atom is -0.444 e. The van der Waals surface area contributed by atoms with E-state index in [-0.39, 0.29) is 30.2 Å². The van der Waals surface area contributed by atoms with Gasteiger partial charge in [0.15, 0.2) is 0 Å². The zero-order valence-corrected chi connectivity index (χ0v) is 26.9. The van der Waals surface area contributed by atoms with Crippen LogP contribution in [0.4, 0.5) is 22.8 Å². The molecule has 3 fully saturated rings. The predicted molar refractivity (Wildman–Crippen MR) is 165 cm³/mol. The number of hydrogen-bond acceptors (Lipinski definition) is 6. The van der Waals surface area contributed by atoms with Crippen LogP contribution in [0, 0.1) is 0 Å². The summed E-state index contributed by atoms with van der Waals surface area (Å²) < 4.78 is 50.1. The number of ether oxygens (including phenoxy) is 2. The van der Waals surface area contributed by atoms with Crippen molar-refractivity contribution in [3.8, 4) is 0 Å². The Morgan fingerprint density at radius 2 is 1.48 bits per heavy atom. The molecular weight excluding hydrogens is 601 g/mol. The van der Waals surface area contributed by atoms with Crippen LogP contribution in [0.1, 0.15) is 80.4 Å². The number of carbonyl (C=O) groups excluding carboxylic acids is 3. The number of likely N-dealkylation sites (tertiary alicyclic amines) is 2. The Bertz CT molecular complexity index is 1390. The summed E-state index contributed by atoms with van der Waals surface area (Å²) in [5, 5.41) is 3.06. The molecule has 1 unspecified atom stereocenters. The molecule has 5 rings (SSSR count). The third-order valence-electron chi connectivity index (χ3n) is 9.19. The van der Waals surface area contributed by atoms with Gasteiger partial charge in [0.05, 0.1) is 11.6 Å². The molecule has 0 radical (unpaired) electrons. The van der Waals surface area contributed by atoms with Gasteiger partial charge in [0.2, 0.25) is 0 Å². The summed E-state index contributed by atoms with van der Waals surface area (Å²) in [6.45, 7) is 10.7. The van der Waals surface area contributed by atoms with Gasteiger partial charge in [0, 0.05) is 63.7 Å². The molecule has 0 bridgehead atoms. The summed E-state index contributed by atoms with van der Waals surface area (Å²) in [6.07, 6.45) is -2.51. The quantitative estimate of drug-likeness (QED) is 0.402. The molecule has 0 saturated carbocycles. The molecule has 2 aromatic carbocycles. The highest BCUT2D eigenvalue weighted by atomic mass is 19.4. The van der Waals surface area contributed by atoms with Gasteiger partial charge in [-0.3, -0.25) is 14.6 Å². The molecule has 0 aliphatic carbocycles. The van der Waals surface area contributed by atoms with Crippen molar-refractivity contribution in [2.75, 3.05) is 26.2 Å². The van der Waals surface area contributed by atoms with Crippen LogP contribution in [0.5, 0.6) is 0 Å². The Balaban J connectivity index is 1.09. The predicted octanol–water partition coefficient (Wildman–Crippen LogP) is 6.21. The van der Waals surface area contributed by atoms with Gasteiger partial charge in [-0.1, -0.05) is 24.3 Å². The summed E-state index contributed by atoms with van der Waals surface area (Å²) in [7, 11) is 0. The third kappa shape index (κ3) is 7.94. The van der Waals surface area contributed by atoms with Gasteiger partial charge < -0.3 is 19.7 Å². The van der Waals surface area contributed by atoms with E-state index in [1.165, 1.54) is 12.1 Å². The van der Waals surface area contributed by atoms with Crippen LogP contribution in [-0.4, -0.2) is 82.3 Å². The highest BCUT2D eigenvalue weighted by Gasteiger charge is 2.52. The Hall–Kier alpha value is -3.80. The van der Waals surface area contributed by atoms with E-state index in [2.05, 4.69) is 10.2 Å². The van der Waals surface area contributed by atoms with E-state index in [9.17, 15) is 27.6 Å². The van der Waals surface area contributed by atoms with Gasteiger partial charge in [-0.05, 0) is 75.9 Å². The molecule has 9 nitrogen and oxygen atoms in total. The van der Waals surface area contributed by atoms with E-state index in [1.807, 2.05) is 39.8 Å². The minimum absolute atomic E-state index is 0.0383. The van der Waals surface area contributed by atoms with Crippen molar-refractivity contribution in [2.24, 2.45) is 0 Å². The summed E-state index contributed by atoms with van der Waals surface area (Å²) in [4.78, 5) is 43.8. The topological polar surface area (TPSA) is 91.4 Å². The fourth-order valence-corrected chi connectivity index (χ4v) is 6.39. The number of nitrogens with one attached hydrogen (secondary N) is 1. The fraction of sp³-hybridized carbons (Fsp3) is 0.559. The molecule has 3 aliphatic heterocycles. The maximum absolute atomic E-state index is 13.0. The lowest BCUT2D eigenvalue weighted by atomic mass is 9.84. The zero-order chi connectivity index (χ0) is 33.3. The number of alkyl halides is 3. The van der Waals surface area contributed by atoms with Crippen LogP contribution in [-0.2, 0) is 28.7 Å². The number of halogens is 3. The molecule has 1 spiro atoms. The normalized spacial score (nSPS) is 20.9. The van der Waals surface area contributed by atoms with Crippen molar-refractivity contribution in [3.63, 3.8) is 0 Å². The number of piperidine rings is 2. The largest absolute Gasteiger partial charge is 0.444 e. The van der Waals surface area contributed by atoms with Gasteiger partial charge >= 0.3 is 18.4 Å². The van der Waals surface area contributed by atoms with Crippen LogP contribution in [0.3, 0.4) is 0 Å². The lowest BCUT2D eigenvalue weighted by Gasteiger charge is -2.40. The molecule has 3 amide bonds. The molecule has 1 N–H and O–H groups in total. The highest BCUT2D eigenvalue weighted by Crippen LogP contribution is 2.39. The Labute approximate surface area is 268 Å². The first-order valence-electron chi connectivity index (χ1n) is 15.9. The molecule has 12 heteroatoms. The van der Waals surface area contributed by atoms with Gasteiger partial charge in [-0.2, -0.15) is 13.2 Å². The van der Waals surface area contributed by atoms with Gasteiger partial charge in [0.25, 0.3) is 5.91 Å². The first-order valence-corrected chi connectivity index (χ1v) is 15.9. The van der Waals surface area contributed by atoms with Gasteiger partial charge in [-0.25, -0.2) is 9.59 Å². The molecule has 3 heterocycles. The third-order valence-corrected chi connectivity index (χ3v) is 9.19. The molecule has 1 atom stereocenters. The average molecular weight is 645 g/mol. The van der Waals surface area contributed by atoms with Gasteiger partial charge in [-0.15, -0.1) is 0 Å². The second-order valence-corrected chi connectivity index (χ2v) is 13.6. The fourth-order valence-electron chi connectivity index (χ4n) is 6.39. The molecule has 46 heavy (non-hydrogen) atoms. The number of amides is 3. The van der Waals surface area contributed by atoms with Crippen molar-refractivity contribution in [1.29, 1.82) is 0 Å². The molecule has 3 aliphatic rings. The van der Waals surface area contributed by atoms with Crippen LogP contribution in [0.25, 0.3) is 0 Å². The maximum atomic E-state index is 13.0. The Morgan fingerprint density at radius 3 is 2.04 bits per heavy atom. The van der Waals surface area contributed by atoms with Crippen molar-refractivity contribution in [2.45, 2.75) is 95.9 Å². The van der Waals surface area contributed by atoms with E-state index in [1.54, 1.807) is 21.9 Å². The van der Waals surface area contributed by atoms with Crippen molar-refractivity contribution in [1.82, 2.24) is 20.0 Å². The molecule has 250 valence electrons. The van der Waals surface area contributed by atoms with Crippen LogP contribution in [0.2, 0.25) is 0 Å². The summed E-state index contributed by atoms with van der Waals surface area (Å²) in [6, 6.07) is 12.2. The van der Waals surface area contributed by atoms with E-state index < -0.39 is 22.9 Å². The summed E-state index contributed by atoms with van der Waals surface area (Å²) >= 11 is 0. The molecular formula is C34H43F3N4O5. The monoisotopic (exact) mass is 644 g/mol. The average Bonchev–Trinajstić information content (AvgIpc) is 3.22. The number of benzene rings is 2. The van der Waals surface area contributed by atoms with E-state index >= 15 is 0 Å². The van der Waals surface area contributed by atoms with E-state index in [0.717, 1.165) is 23.3 Å². The smallest absolute Gasteiger partial charge is 0.416 e. The van der Waals surface area contributed by atoms with Crippen molar-refractivity contribution >= 4 is 18.1 Å². The number of carbonyl (C=O) groups is 3. The second kappa shape index (κ2) is 13.1. The van der Waals surface area contributed by atoms with Crippen LogP contribution in [0.15, 0.2) is 48.5 Å². The Kier molecular flexibility index (Phi) is 9.58. The summed E-state index contributed by atoms with van der Waals surface area (Å²) in [5.74, 6) is -0.182. The Morgan fingerprint density at radius 1 is 0.913 bits per heavy atom. The van der Waals surface area contributed by atoms with E-state index in [0.29, 0.717) is 70.5 Å². The number of hydrogen-bond donors (Lipinski definition) is 1. The first kappa shape index (κ1) is 33.6. The van der Waals surface area contributed by atoms with Crippen LogP contribution < -0.4 is 5.32 Å². The van der Waals surface area contributed by atoms with Crippen molar-refractivity contribution in [3.05, 3.63) is 70.8 Å². The van der Waals surface area contributed by atoms with Crippen LogP contribution >= 0.6 is 0 Å². The number of nitrogens with zero attached hydrogens (tertiary/aromatic N) is 3. The highest BCUT2D eigenvalue weighted by molar-refractivity contribution is 5.94. The molecule has 0 aromatic heterocycles. The second-order valence-electron chi connectivity index (χ2n) is 13.6. The lowest BCUT2D eigenvalue weighted by Crippen LogP contribution is -2.51. The van der Waals surface area contributed by atoms with Gasteiger partial charge in [0.1, 0.15) is 11.2 Å². The SMILES string of the molecule is CC1N(Cc2ccc(C(=O)NC3CCN(C(=O)OC(C)(C)C)CC3)cc2)C(=O)OC12CCN(Cc1ccc(C(F)(F)F)cc1)CC2. The lowest BCUT2D eigenvalue weighted by molar-refractivity contribution is -0.137. The summed E-state index contributed by atoms with van der Waals surface area (Å²) in [5.41, 5.74) is 0.376. The van der Waals surface area contributed by atoms with Crippen molar-refractivity contribution < 1.29 is 37.0 Å².